The van der Waals surface area contributed by atoms with E-state index in [1.54, 1.807) is 19.4 Å². The fraction of sp³-hybridized carbons (Fsp3) is 0.583. The summed E-state index contributed by atoms with van der Waals surface area (Å²) in [5.41, 5.74) is 0. The van der Waals surface area contributed by atoms with Crippen molar-refractivity contribution in [2.24, 2.45) is 5.92 Å². The van der Waals surface area contributed by atoms with Crippen molar-refractivity contribution >= 4 is 11.9 Å². The number of nitrogens with zero attached hydrogens (tertiary/aromatic N) is 2. The van der Waals surface area contributed by atoms with Gasteiger partial charge in [-0.3, -0.25) is 9.59 Å². The summed E-state index contributed by atoms with van der Waals surface area (Å²) >= 11 is 0. The lowest BCUT2D eigenvalue weighted by Gasteiger charge is -2.09. The average Bonchev–Trinajstić information content (AvgIpc) is 2.75. The maximum Gasteiger partial charge on any atom is 0.303 e. The SMILES string of the molecule is CC(CC(=O)O)CC(=O)NCCCn1ccnc1. The van der Waals surface area contributed by atoms with Gasteiger partial charge in [0.05, 0.1) is 6.33 Å². The summed E-state index contributed by atoms with van der Waals surface area (Å²) in [4.78, 5) is 25.8. The Labute approximate surface area is 106 Å². The van der Waals surface area contributed by atoms with Crippen LogP contribution >= 0.6 is 0 Å². The molecule has 18 heavy (non-hydrogen) atoms. The highest BCUT2D eigenvalue weighted by Crippen LogP contribution is 2.06. The molecule has 1 aromatic rings. The van der Waals surface area contributed by atoms with Crippen molar-refractivity contribution in [3.8, 4) is 0 Å². The van der Waals surface area contributed by atoms with E-state index in [4.69, 9.17) is 5.11 Å². The molecule has 0 spiro atoms. The largest absolute Gasteiger partial charge is 0.481 e. The quantitative estimate of drug-likeness (QED) is 0.674. The van der Waals surface area contributed by atoms with Crippen LogP contribution in [-0.2, 0) is 16.1 Å². The van der Waals surface area contributed by atoms with E-state index in [0.717, 1.165) is 13.0 Å². The molecule has 6 nitrogen and oxygen atoms in total. The van der Waals surface area contributed by atoms with Gasteiger partial charge in [-0.15, -0.1) is 0 Å². The predicted molar refractivity (Wildman–Crippen MR) is 65.9 cm³/mol. The second-order valence-corrected chi connectivity index (χ2v) is 4.41. The summed E-state index contributed by atoms with van der Waals surface area (Å²) in [6.45, 7) is 3.17. The van der Waals surface area contributed by atoms with E-state index in [2.05, 4.69) is 10.3 Å². The first-order chi connectivity index (χ1) is 8.58. The number of aliphatic carboxylic acids is 1. The number of nitrogens with one attached hydrogen (secondary N) is 1. The summed E-state index contributed by atoms with van der Waals surface area (Å²) in [5, 5.41) is 11.4. The van der Waals surface area contributed by atoms with Crippen LogP contribution in [0.1, 0.15) is 26.2 Å². The average molecular weight is 253 g/mol. The van der Waals surface area contributed by atoms with Crippen molar-refractivity contribution in [1.82, 2.24) is 14.9 Å². The standard InChI is InChI=1S/C12H19N3O3/c1-10(8-12(17)18)7-11(16)14-3-2-5-15-6-4-13-9-15/h4,6,9-10H,2-3,5,7-8H2,1H3,(H,14,16)(H,17,18). The van der Waals surface area contributed by atoms with Crippen LogP contribution in [0.2, 0.25) is 0 Å². The minimum Gasteiger partial charge on any atom is -0.481 e. The molecule has 0 saturated carbocycles. The summed E-state index contributed by atoms with van der Waals surface area (Å²) < 4.78 is 1.94. The van der Waals surface area contributed by atoms with E-state index in [9.17, 15) is 9.59 Å². The van der Waals surface area contributed by atoms with Crippen LogP contribution < -0.4 is 5.32 Å². The molecule has 0 aromatic carbocycles. The molecule has 1 heterocycles. The first-order valence-corrected chi connectivity index (χ1v) is 6.02. The number of aromatic nitrogens is 2. The molecule has 1 amide bonds. The lowest BCUT2D eigenvalue weighted by atomic mass is 10.0. The van der Waals surface area contributed by atoms with Crippen molar-refractivity contribution in [2.45, 2.75) is 32.7 Å². The molecule has 1 atom stereocenters. The van der Waals surface area contributed by atoms with Gasteiger partial charge in [0, 0.05) is 38.3 Å². The van der Waals surface area contributed by atoms with Gasteiger partial charge in [0.1, 0.15) is 0 Å². The van der Waals surface area contributed by atoms with Crippen LogP contribution in [0.4, 0.5) is 0 Å². The molecule has 2 N–H and O–H groups in total. The normalized spacial score (nSPS) is 12.1. The maximum absolute atomic E-state index is 11.5. The zero-order valence-electron chi connectivity index (χ0n) is 10.5. The van der Waals surface area contributed by atoms with Crippen molar-refractivity contribution < 1.29 is 14.7 Å². The molecule has 0 fully saturated rings. The Morgan fingerprint density at radius 3 is 2.83 bits per heavy atom. The van der Waals surface area contributed by atoms with E-state index in [1.165, 1.54) is 0 Å². The Hall–Kier alpha value is -1.85. The van der Waals surface area contributed by atoms with Gasteiger partial charge in [-0.1, -0.05) is 6.92 Å². The Bertz CT molecular complexity index is 376. The second-order valence-electron chi connectivity index (χ2n) is 4.41. The molecular weight excluding hydrogens is 234 g/mol. The smallest absolute Gasteiger partial charge is 0.303 e. The third kappa shape index (κ3) is 6.03. The van der Waals surface area contributed by atoms with Crippen LogP contribution in [0, 0.1) is 5.92 Å². The highest BCUT2D eigenvalue weighted by Gasteiger charge is 2.11. The number of carboxylic acids is 1. The molecule has 0 aliphatic heterocycles. The van der Waals surface area contributed by atoms with Gasteiger partial charge < -0.3 is 15.0 Å². The third-order valence-corrected chi connectivity index (χ3v) is 2.53. The Morgan fingerprint density at radius 2 is 2.22 bits per heavy atom. The first kappa shape index (κ1) is 14.2. The minimum atomic E-state index is -0.865. The maximum atomic E-state index is 11.5. The molecule has 0 aliphatic carbocycles. The number of amides is 1. The predicted octanol–water partition coefficient (Wildman–Crippen LogP) is 0.890. The highest BCUT2D eigenvalue weighted by molar-refractivity contribution is 5.77. The van der Waals surface area contributed by atoms with Crippen LogP contribution in [0.15, 0.2) is 18.7 Å². The van der Waals surface area contributed by atoms with Crippen molar-refractivity contribution in [2.75, 3.05) is 6.54 Å². The molecule has 0 bridgehead atoms. The molecule has 6 heteroatoms. The number of aryl methyl sites for hydroxylation is 1. The number of rotatable bonds is 8. The molecule has 1 rings (SSSR count). The van der Waals surface area contributed by atoms with Gasteiger partial charge in [-0.25, -0.2) is 4.98 Å². The van der Waals surface area contributed by atoms with Crippen LogP contribution in [0.25, 0.3) is 0 Å². The molecule has 1 aromatic heterocycles. The zero-order chi connectivity index (χ0) is 13.4. The number of imidazole rings is 1. The van der Waals surface area contributed by atoms with Crippen LogP contribution in [0.3, 0.4) is 0 Å². The van der Waals surface area contributed by atoms with Gasteiger partial charge in [-0.05, 0) is 12.3 Å². The minimum absolute atomic E-state index is 0.0302. The van der Waals surface area contributed by atoms with Gasteiger partial charge in [0.15, 0.2) is 0 Å². The molecule has 1 unspecified atom stereocenters. The Morgan fingerprint density at radius 1 is 1.44 bits per heavy atom. The summed E-state index contributed by atoms with van der Waals surface area (Å²) in [5.74, 6) is -1.08. The van der Waals surface area contributed by atoms with Crippen molar-refractivity contribution in [3.05, 3.63) is 18.7 Å². The van der Waals surface area contributed by atoms with Crippen LogP contribution in [0.5, 0.6) is 0 Å². The third-order valence-electron chi connectivity index (χ3n) is 2.53. The van der Waals surface area contributed by atoms with Gasteiger partial charge in [0.25, 0.3) is 0 Å². The van der Waals surface area contributed by atoms with E-state index < -0.39 is 5.97 Å². The van der Waals surface area contributed by atoms with E-state index >= 15 is 0 Å². The lowest BCUT2D eigenvalue weighted by Crippen LogP contribution is -2.27. The molecule has 100 valence electrons. The lowest BCUT2D eigenvalue weighted by molar-refractivity contribution is -0.138. The number of hydrogen-bond acceptors (Lipinski definition) is 3. The Kier molecular flexibility index (Phi) is 5.90. The molecule has 0 saturated heterocycles. The van der Waals surface area contributed by atoms with Crippen LogP contribution in [-0.4, -0.2) is 33.1 Å². The molecule has 0 aliphatic rings. The number of carboxylic acid groups (broad SMARTS) is 1. The monoisotopic (exact) mass is 253 g/mol. The number of hydrogen-bond donors (Lipinski definition) is 2. The van der Waals surface area contributed by atoms with Gasteiger partial charge >= 0.3 is 5.97 Å². The molecular formula is C12H19N3O3. The first-order valence-electron chi connectivity index (χ1n) is 6.02. The topological polar surface area (TPSA) is 84.2 Å². The Balaban J connectivity index is 2.08. The van der Waals surface area contributed by atoms with Crippen molar-refractivity contribution in [1.29, 1.82) is 0 Å². The number of carbonyl (C=O) groups excluding carboxylic acids is 1. The summed E-state index contributed by atoms with van der Waals surface area (Å²) in [7, 11) is 0. The zero-order valence-corrected chi connectivity index (χ0v) is 10.5. The second kappa shape index (κ2) is 7.47. The van der Waals surface area contributed by atoms with Gasteiger partial charge in [0.2, 0.25) is 5.91 Å². The number of carbonyl (C=O) groups is 2. The summed E-state index contributed by atoms with van der Waals surface area (Å²) in [6, 6.07) is 0. The van der Waals surface area contributed by atoms with E-state index in [1.807, 2.05) is 10.8 Å². The van der Waals surface area contributed by atoms with E-state index in [0.29, 0.717) is 6.54 Å². The van der Waals surface area contributed by atoms with Crippen molar-refractivity contribution in [3.63, 3.8) is 0 Å². The fourth-order valence-corrected chi connectivity index (χ4v) is 1.67. The van der Waals surface area contributed by atoms with E-state index in [-0.39, 0.29) is 24.7 Å². The fourth-order valence-electron chi connectivity index (χ4n) is 1.67. The van der Waals surface area contributed by atoms with Gasteiger partial charge in [-0.2, -0.15) is 0 Å². The molecule has 0 radical (unpaired) electrons. The summed E-state index contributed by atoms with van der Waals surface area (Å²) in [6.07, 6.45) is 6.44. The highest BCUT2D eigenvalue weighted by atomic mass is 16.4.